The first-order chi connectivity index (χ1) is 35.0. The Hall–Kier alpha value is -2.06. The van der Waals surface area contributed by atoms with Gasteiger partial charge in [-0.2, -0.15) is 0 Å². The monoisotopic (exact) mass is 1030 g/mol. The summed E-state index contributed by atoms with van der Waals surface area (Å²) in [6.45, 7) is 4.79. The van der Waals surface area contributed by atoms with Gasteiger partial charge in [-0.25, -0.2) is 4.57 Å². The highest BCUT2D eigenvalue weighted by molar-refractivity contribution is 7.47. The third kappa shape index (κ3) is 55.7. The number of nitrogens with one attached hydrogen (secondary N) is 1. The highest BCUT2D eigenvalue weighted by Gasteiger charge is 2.27. The van der Waals surface area contributed by atoms with Crippen molar-refractivity contribution in [3.63, 3.8) is 0 Å². The third-order valence-electron chi connectivity index (χ3n) is 13.4. The molecule has 0 aromatic rings. The average Bonchev–Trinajstić information content (AvgIpc) is 3.34. The van der Waals surface area contributed by atoms with Crippen LogP contribution in [0.4, 0.5) is 0 Å². The second kappa shape index (κ2) is 53.8. The highest BCUT2D eigenvalue weighted by Crippen LogP contribution is 2.43. The van der Waals surface area contributed by atoms with E-state index in [4.69, 9.17) is 9.05 Å². The summed E-state index contributed by atoms with van der Waals surface area (Å²) in [5, 5.41) is 13.9. The largest absolute Gasteiger partial charge is 0.472 e. The van der Waals surface area contributed by atoms with Gasteiger partial charge in [0.15, 0.2) is 0 Å². The zero-order valence-corrected chi connectivity index (χ0v) is 48.8. The Morgan fingerprint density at radius 3 is 1.21 bits per heavy atom. The van der Waals surface area contributed by atoms with E-state index in [1.807, 2.05) is 27.2 Å². The lowest BCUT2D eigenvalue weighted by Crippen LogP contribution is -2.45. The first kappa shape index (κ1) is 69.9. The van der Waals surface area contributed by atoms with Gasteiger partial charge in [0.2, 0.25) is 5.91 Å². The minimum absolute atomic E-state index is 0.0491. The number of rotatable bonds is 55. The number of hydrogen-bond donors (Lipinski definition) is 3. The molecule has 0 heterocycles. The fourth-order valence-corrected chi connectivity index (χ4v) is 9.35. The van der Waals surface area contributed by atoms with Crippen LogP contribution in [0.1, 0.15) is 271 Å². The summed E-state index contributed by atoms with van der Waals surface area (Å²) < 4.78 is 23.7. The normalized spacial score (nSPS) is 14.4. The van der Waals surface area contributed by atoms with Crippen LogP contribution in [0.5, 0.6) is 0 Å². The Labute approximate surface area is 446 Å². The Bertz CT molecular complexity index is 1400. The number of unbranched alkanes of at least 4 members (excludes halogenated alkanes) is 32. The minimum Gasteiger partial charge on any atom is -0.387 e. The molecule has 0 saturated carbocycles. The maximum atomic E-state index is 13.0. The van der Waals surface area contributed by atoms with Crippen molar-refractivity contribution < 1.29 is 32.9 Å². The zero-order valence-electron chi connectivity index (χ0n) is 47.9. The molecule has 1 amide bonds. The first-order valence-electron chi connectivity index (χ1n) is 30.3. The predicted octanol–water partition coefficient (Wildman–Crippen LogP) is 18.7. The van der Waals surface area contributed by atoms with Gasteiger partial charge in [-0.3, -0.25) is 13.8 Å². The van der Waals surface area contributed by atoms with Crippen LogP contribution in [0.3, 0.4) is 0 Å². The van der Waals surface area contributed by atoms with Gasteiger partial charge >= 0.3 is 7.82 Å². The van der Waals surface area contributed by atoms with E-state index in [9.17, 15) is 19.4 Å². The molecule has 0 aromatic heterocycles. The van der Waals surface area contributed by atoms with E-state index in [2.05, 4.69) is 79.9 Å². The molecule has 0 spiro atoms. The molecule has 420 valence electrons. The van der Waals surface area contributed by atoms with Gasteiger partial charge < -0.3 is 19.8 Å². The number of aliphatic hydroxyl groups is 1. The Balaban J connectivity index is 4.29. The number of likely N-dealkylation sites (N-methyl/N-ethyl adjacent to an activating group) is 1. The fourth-order valence-electron chi connectivity index (χ4n) is 8.61. The van der Waals surface area contributed by atoms with Crippen molar-refractivity contribution in [2.75, 3.05) is 40.9 Å². The van der Waals surface area contributed by atoms with Gasteiger partial charge in [0.25, 0.3) is 0 Å². The molecule has 8 nitrogen and oxygen atoms in total. The molecule has 0 aromatic carbocycles. The van der Waals surface area contributed by atoms with Crippen molar-refractivity contribution in [2.24, 2.45) is 0 Å². The van der Waals surface area contributed by atoms with Gasteiger partial charge in [-0.1, -0.05) is 254 Å². The van der Waals surface area contributed by atoms with E-state index in [1.54, 1.807) is 6.08 Å². The second-order valence-electron chi connectivity index (χ2n) is 21.7. The molecule has 0 saturated heterocycles. The lowest BCUT2D eigenvalue weighted by atomic mass is 10.0. The number of allylic oxidation sites excluding steroid dienone is 11. The molecule has 0 fully saturated rings. The van der Waals surface area contributed by atoms with Crippen molar-refractivity contribution in [1.82, 2.24) is 5.32 Å². The van der Waals surface area contributed by atoms with Crippen molar-refractivity contribution in [3.8, 4) is 0 Å². The average molecular weight is 1030 g/mol. The molecule has 0 aliphatic rings. The molecule has 9 heteroatoms. The summed E-state index contributed by atoms with van der Waals surface area (Å²) in [6, 6.07) is -0.879. The van der Waals surface area contributed by atoms with E-state index in [0.29, 0.717) is 17.4 Å². The van der Waals surface area contributed by atoms with Crippen molar-refractivity contribution >= 4 is 13.7 Å². The summed E-state index contributed by atoms with van der Waals surface area (Å²) in [6.07, 6.45) is 74.4. The molecule has 3 N–H and O–H groups in total. The predicted molar refractivity (Wildman–Crippen MR) is 313 cm³/mol. The second-order valence-corrected chi connectivity index (χ2v) is 23.2. The summed E-state index contributed by atoms with van der Waals surface area (Å²) in [5.74, 6) is -0.198. The molecule has 72 heavy (non-hydrogen) atoms. The summed E-state index contributed by atoms with van der Waals surface area (Å²) in [4.78, 5) is 23.3. The van der Waals surface area contributed by atoms with Crippen molar-refractivity contribution in [3.05, 3.63) is 72.9 Å². The van der Waals surface area contributed by atoms with Gasteiger partial charge in [-0.05, 0) is 83.5 Å². The summed E-state index contributed by atoms with van der Waals surface area (Å²) in [5.41, 5.74) is 0. The Morgan fingerprint density at radius 2 is 0.806 bits per heavy atom. The first-order valence-corrected chi connectivity index (χ1v) is 31.8. The van der Waals surface area contributed by atoms with Gasteiger partial charge in [0.05, 0.1) is 39.9 Å². The van der Waals surface area contributed by atoms with Crippen LogP contribution in [0.15, 0.2) is 72.9 Å². The van der Waals surface area contributed by atoms with Crippen LogP contribution in [-0.4, -0.2) is 73.4 Å². The van der Waals surface area contributed by atoms with Gasteiger partial charge in [0, 0.05) is 6.42 Å². The Kier molecular flexibility index (Phi) is 52.2. The number of carbonyl (C=O) groups excluding carboxylic acids is 1. The molecule has 0 aliphatic carbocycles. The lowest BCUT2D eigenvalue weighted by Gasteiger charge is -2.25. The number of aliphatic hydroxyl groups excluding tert-OH is 1. The standard InChI is InChI=1S/C63H117N2O6P/c1-6-8-10-12-14-16-18-20-22-24-26-28-30-31-32-33-35-36-38-40-42-44-46-48-50-52-54-56-62(66)61(60-71-72(68,69)70-59-58-65(3,4)5)64-63(67)57-55-53-51-49-47-45-43-41-39-37-34-29-27-25-23-21-19-17-15-13-11-9-7-2/h19,21,25,27,34,37-38,40,46,48,54,56,61-62,66H,6-18,20,22-24,26,28-33,35-36,39,41-45,47,49-53,55,57-60H2,1-5H3,(H-,64,67,68,69)/p+1/b21-19-,27-25-,37-34-,40-38+,48-46+,56-54+. The molecule has 0 aliphatic heterocycles. The maximum absolute atomic E-state index is 13.0. The van der Waals surface area contributed by atoms with Crippen LogP contribution in [0.25, 0.3) is 0 Å². The van der Waals surface area contributed by atoms with Crippen LogP contribution in [-0.2, 0) is 18.4 Å². The maximum Gasteiger partial charge on any atom is 0.472 e. The van der Waals surface area contributed by atoms with Crippen molar-refractivity contribution in [2.45, 2.75) is 283 Å². The quantitative estimate of drug-likeness (QED) is 0.0243. The molecule has 0 radical (unpaired) electrons. The topological polar surface area (TPSA) is 105 Å². The highest BCUT2D eigenvalue weighted by atomic mass is 31.2. The SMILES string of the molecule is CCCCCCC/C=C\C/C=C\C/C=C\CCCCCCCCCCC(=O)NC(COP(=O)(O)OCC[N+](C)(C)C)C(O)/C=C/CC/C=C/CC/C=C/CCCCCCCCCCCCCCCCCCC. The summed E-state index contributed by atoms with van der Waals surface area (Å²) >= 11 is 0. The number of phosphoric acid groups is 1. The Morgan fingerprint density at radius 1 is 0.472 bits per heavy atom. The van der Waals surface area contributed by atoms with Crippen LogP contribution in [0.2, 0.25) is 0 Å². The number of phosphoric ester groups is 1. The number of quaternary nitrogens is 1. The zero-order chi connectivity index (χ0) is 52.7. The third-order valence-corrected chi connectivity index (χ3v) is 14.4. The molecule has 3 unspecified atom stereocenters. The van der Waals surface area contributed by atoms with E-state index in [-0.39, 0.29) is 19.1 Å². The molecular formula is C63H118N2O6P+. The van der Waals surface area contributed by atoms with Gasteiger partial charge in [-0.15, -0.1) is 0 Å². The number of nitrogens with zero attached hydrogens (tertiary/aromatic N) is 1. The van der Waals surface area contributed by atoms with Crippen molar-refractivity contribution in [1.29, 1.82) is 0 Å². The number of hydrogen-bond acceptors (Lipinski definition) is 5. The van der Waals surface area contributed by atoms with E-state index in [0.717, 1.165) is 64.2 Å². The molecule has 0 bridgehead atoms. The van der Waals surface area contributed by atoms with E-state index >= 15 is 0 Å². The summed E-state index contributed by atoms with van der Waals surface area (Å²) in [7, 11) is 1.54. The smallest absolute Gasteiger partial charge is 0.387 e. The molecule has 0 rings (SSSR count). The minimum atomic E-state index is -4.37. The molecule has 3 atom stereocenters. The van der Waals surface area contributed by atoms with Crippen LogP contribution >= 0.6 is 7.82 Å². The number of carbonyl (C=O) groups is 1. The van der Waals surface area contributed by atoms with Crippen LogP contribution in [0, 0.1) is 0 Å². The lowest BCUT2D eigenvalue weighted by molar-refractivity contribution is -0.870. The fraction of sp³-hybridized carbons (Fsp3) is 0.794. The van der Waals surface area contributed by atoms with E-state index < -0.39 is 20.0 Å². The van der Waals surface area contributed by atoms with Gasteiger partial charge in [0.1, 0.15) is 13.2 Å². The van der Waals surface area contributed by atoms with E-state index in [1.165, 1.54) is 186 Å². The molecular weight excluding hydrogens is 912 g/mol. The van der Waals surface area contributed by atoms with Crippen LogP contribution < -0.4 is 5.32 Å². The number of amides is 1.